The van der Waals surface area contributed by atoms with Crippen molar-refractivity contribution in [2.45, 2.75) is 77.0 Å². The summed E-state index contributed by atoms with van der Waals surface area (Å²) in [6.07, 6.45) is -1.36. The second-order valence-electron chi connectivity index (χ2n) is 14.1. The highest BCUT2D eigenvalue weighted by molar-refractivity contribution is 6.74. The number of carbonyl (C=O) groups excluding carboxylic acids is 1. The second kappa shape index (κ2) is 12.5. The molecule has 2 aromatic carbocycles. The Morgan fingerprint density at radius 2 is 1.73 bits per heavy atom. The molecule has 3 heterocycles. The molecular formula is C35H39F4N5O3Si. The maximum absolute atomic E-state index is 14.5. The molecule has 0 saturated heterocycles. The van der Waals surface area contributed by atoms with Crippen molar-refractivity contribution in [1.82, 2.24) is 19.7 Å². The van der Waals surface area contributed by atoms with Crippen LogP contribution in [0.3, 0.4) is 0 Å². The van der Waals surface area contributed by atoms with Crippen molar-refractivity contribution in [3.8, 4) is 22.5 Å². The number of amides is 1. The summed E-state index contributed by atoms with van der Waals surface area (Å²) in [6.45, 7) is 10.8. The molecule has 0 N–H and O–H groups in total. The van der Waals surface area contributed by atoms with E-state index in [1.165, 1.54) is 29.4 Å². The molecule has 13 heteroatoms. The van der Waals surface area contributed by atoms with Crippen LogP contribution in [-0.2, 0) is 35.5 Å². The molecule has 1 saturated carbocycles. The van der Waals surface area contributed by atoms with Gasteiger partial charge in [0, 0.05) is 29.8 Å². The van der Waals surface area contributed by atoms with Crippen molar-refractivity contribution in [3.05, 3.63) is 82.6 Å². The standard InChI is InChI=1S/C35H39F4N5O3Si/c1-34(2,3)48(5,6)47-12-11-46-19-21-13-27-28(29(14-21)35(37,38)39)18-44(33(27)45)31-16-23(15-30(41-31)22-7-8-22)25-10-9-24(36)17-26(25)32-42-40-20-43(32)4/h9-10,13-17,20,22H,7-8,11-12,18-19H2,1-6H3. The topological polar surface area (TPSA) is 82.4 Å². The largest absolute Gasteiger partial charge is 0.416 e. The van der Waals surface area contributed by atoms with Crippen LogP contribution < -0.4 is 4.90 Å². The lowest BCUT2D eigenvalue weighted by atomic mass is 9.98. The van der Waals surface area contributed by atoms with Crippen LogP contribution >= 0.6 is 0 Å². The third-order valence-electron chi connectivity index (χ3n) is 9.52. The molecule has 2 aliphatic rings. The summed E-state index contributed by atoms with van der Waals surface area (Å²) >= 11 is 0. The molecular weight excluding hydrogens is 642 g/mol. The van der Waals surface area contributed by atoms with Gasteiger partial charge in [-0.2, -0.15) is 13.2 Å². The molecule has 0 spiro atoms. The molecule has 6 rings (SSSR count). The molecule has 4 aromatic rings. The molecule has 0 unspecified atom stereocenters. The molecule has 48 heavy (non-hydrogen) atoms. The number of pyridine rings is 1. The maximum atomic E-state index is 14.5. The maximum Gasteiger partial charge on any atom is 0.416 e. The first-order valence-corrected chi connectivity index (χ1v) is 18.9. The molecule has 1 aliphatic heterocycles. The van der Waals surface area contributed by atoms with E-state index in [1.54, 1.807) is 23.7 Å². The minimum atomic E-state index is -4.69. The Bertz CT molecular complexity index is 1860. The average Bonchev–Trinajstić information content (AvgIpc) is 3.69. The van der Waals surface area contributed by atoms with Gasteiger partial charge in [-0.3, -0.25) is 9.69 Å². The van der Waals surface area contributed by atoms with E-state index in [1.807, 2.05) is 6.07 Å². The number of ether oxygens (including phenoxy) is 1. The number of nitrogens with zero attached hydrogens (tertiary/aromatic N) is 5. The van der Waals surface area contributed by atoms with E-state index in [4.69, 9.17) is 14.1 Å². The first-order chi connectivity index (χ1) is 22.5. The SMILES string of the molecule is Cn1cnnc1-c1cc(F)ccc1-c1cc(C2CC2)nc(N2Cc3c(cc(COCCO[Si](C)(C)C(C)(C)C)cc3C(F)(F)F)C2=O)c1. The summed E-state index contributed by atoms with van der Waals surface area (Å²) < 4.78 is 71.3. The molecule has 254 valence electrons. The predicted octanol–water partition coefficient (Wildman–Crippen LogP) is 8.28. The lowest BCUT2D eigenvalue weighted by Crippen LogP contribution is -2.41. The fourth-order valence-corrected chi connectivity index (χ4v) is 6.68. The molecule has 8 nitrogen and oxygen atoms in total. The van der Waals surface area contributed by atoms with Crippen LogP contribution in [0.5, 0.6) is 0 Å². The molecule has 0 radical (unpaired) electrons. The first kappa shape index (κ1) is 33.9. The Hall–Kier alpha value is -3.94. The number of hydrogen-bond donors (Lipinski definition) is 0. The van der Waals surface area contributed by atoms with Crippen molar-refractivity contribution in [2.24, 2.45) is 7.05 Å². The van der Waals surface area contributed by atoms with Crippen molar-refractivity contribution < 1.29 is 31.5 Å². The zero-order valence-corrected chi connectivity index (χ0v) is 28.9. The molecule has 1 aliphatic carbocycles. The highest BCUT2D eigenvalue weighted by Crippen LogP contribution is 2.44. The van der Waals surface area contributed by atoms with Gasteiger partial charge in [0.15, 0.2) is 14.1 Å². The van der Waals surface area contributed by atoms with E-state index >= 15 is 0 Å². The normalized spacial score (nSPS) is 15.4. The summed E-state index contributed by atoms with van der Waals surface area (Å²) in [7, 11) is -0.247. The van der Waals surface area contributed by atoms with Crippen molar-refractivity contribution in [2.75, 3.05) is 18.1 Å². The zero-order chi connectivity index (χ0) is 34.6. The molecule has 0 atom stereocenters. The first-order valence-electron chi connectivity index (χ1n) is 16.0. The minimum absolute atomic E-state index is 0.0202. The number of aromatic nitrogens is 4. The lowest BCUT2D eigenvalue weighted by molar-refractivity contribution is -0.138. The lowest BCUT2D eigenvalue weighted by Gasteiger charge is -2.36. The van der Waals surface area contributed by atoms with Gasteiger partial charge in [0.1, 0.15) is 18.0 Å². The van der Waals surface area contributed by atoms with Crippen LogP contribution in [0.4, 0.5) is 23.4 Å². The monoisotopic (exact) mass is 681 g/mol. The zero-order valence-electron chi connectivity index (χ0n) is 27.9. The average molecular weight is 682 g/mol. The third kappa shape index (κ3) is 6.81. The van der Waals surface area contributed by atoms with Crippen LogP contribution in [-0.4, -0.2) is 47.2 Å². The van der Waals surface area contributed by atoms with Crippen LogP contribution in [0.1, 0.15) is 72.3 Å². The molecule has 0 bridgehead atoms. The number of benzene rings is 2. The summed E-state index contributed by atoms with van der Waals surface area (Å²) in [4.78, 5) is 19.9. The van der Waals surface area contributed by atoms with Gasteiger partial charge in [0.25, 0.3) is 5.91 Å². The Morgan fingerprint density at radius 3 is 2.38 bits per heavy atom. The highest BCUT2D eigenvalue weighted by atomic mass is 28.4. The quantitative estimate of drug-likeness (QED) is 0.0952. The van der Waals surface area contributed by atoms with Gasteiger partial charge in [-0.05, 0) is 89.6 Å². The predicted molar refractivity (Wildman–Crippen MR) is 176 cm³/mol. The summed E-state index contributed by atoms with van der Waals surface area (Å²) in [5.74, 6) is -0.189. The number of halogens is 4. The van der Waals surface area contributed by atoms with Gasteiger partial charge in [0.05, 0.1) is 31.9 Å². The number of fused-ring (bicyclic) bond motifs is 1. The van der Waals surface area contributed by atoms with Gasteiger partial charge >= 0.3 is 6.18 Å². The van der Waals surface area contributed by atoms with E-state index in [2.05, 4.69) is 44.1 Å². The van der Waals surface area contributed by atoms with Crippen LogP contribution in [0.15, 0.2) is 48.8 Å². The molecule has 2 aromatic heterocycles. The second-order valence-corrected chi connectivity index (χ2v) is 18.9. The van der Waals surface area contributed by atoms with E-state index in [0.717, 1.165) is 24.6 Å². The van der Waals surface area contributed by atoms with Crippen molar-refractivity contribution in [3.63, 3.8) is 0 Å². The van der Waals surface area contributed by atoms with Gasteiger partial charge in [-0.15, -0.1) is 10.2 Å². The highest BCUT2D eigenvalue weighted by Gasteiger charge is 2.41. The summed E-state index contributed by atoms with van der Waals surface area (Å²) in [5.41, 5.74) is 1.76. The van der Waals surface area contributed by atoms with Gasteiger partial charge in [-0.1, -0.05) is 26.8 Å². The number of anilines is 1. The number of hydrogen-bond acceptors (Lipinski definition) is 6. The fourth-order valence-electron chi connectivity index (χ4n) is 5.65. The smallest absolute Gasteiger partial charge is 0.414 e. The number of rotatable bonds is 10. The Balaban J connectivity index is 1.31. The Labute approximate surface area is 278 Å². The number of carbonyl (C=O) groups is 1. The van der Waals surface area contributed by atoms with Crippen LogP contribution in [0, 0.1) is 5.82 Å². The van der Waals surface area contributed by atoms with E-state index < -0.39 is 31.8 Å². The number of aryl methyl sites for hydroxylation is 1. The fraction of sp³-hybridized carbons (Fsp3) is 0.429. The number of alkyl halides is 3. The summed E-state index contributed by atoms with van der Waals surface area (Å²) in [6, 6.07) is 10.4. The third-order valence-corrected chi connectivity index (χ3v) is 14.1. The van der Waals surface area contributed by atoms with Gasteiger partial charge in [0.2, 0.25) is 0 Å². The van der Waals surface area contributed by atoms with E-state index in [-0.39, 0.29) is 53.2 Å². The van der Waals surface area contributed by atoms with Crippen molar-refractivity contribution >= 4 is 20.0 Å². The molecule has 1 fully saturated rings. The van der Waals surface area contributed by atoms with E-state index in [0.29, 0.717) is 29.1 Å². The van der Waals surface area contributed by atoms with Gasteiger partial charge < -0.3 is 13.7 Å². The minimum Gasteiger partial charge on any atom is -0.414 e. The van der Waals surface area contributed by atoms with Gasteiger partial charge in [-0.25, -0.2) is 9.37 Å². The van der Waals surface area contributed by atoms with Crippen LogP contribution in [0.2, 0.25) is 18.1 Å². The van der Waals surface area contributed by atoms with Crippen LogP contribution in [0.25, 0.3) is 22.5 Å². The Kier molecular flexibility index (Phi) is 8.84. The van der Waals surface area contributed by atoms with E-state index in [9.17, 15) is 22.4 Å². The summed E-state index contributed by atoms with van der Waals surface area (Å²) in [5, 5.41) is 8.11. The molecule has 1 amide bonds. The van der Waals surface area contributed by atoms with Crippen molar-refractivity contribution in [1.29, 1.82) is 0 Å². The Morgan fingerprint density at radius 1 is 0.979 bits per heavy atom.